The monoisotopic (exact) mass is 1780 g/mol. The topological polar surface area (TPSA) is 410 Å². The third kappa shape index (κ3) is 32.8. The van der Waals surface area contributed by atoms with E-state index in [4.69, 9.17) is 59.9 Å². The molecule has 32 nitrogen and oxygen atoms in total. The molecule has 3 aliphatic heterocycles. The van der Waals surface area contributed by atoms with Gasteiger partial charge in [0.15, 0.2) is 49.3 Å². The Kier molecular flexibility index (Phi) is 40.7. The van der Waals surface area contributed by atoms with Crippen molar-refractivity contribution in [1.82, 2.24) is 23.8 Å². The Balaban J connectivity index is 0.000000451. The largest absolute Gasteiger partial charge is 0.475 e. The van der Waals surface area contributed by atoms with E-state index in [1.54, 1.807) is 83.1 Å². The van der Waals surface area contributed by atoms with Crippen LogP contribution in [0.15, 0.2) is 43.7 Å². The van der Waals surface area contributed by atoms with E-state index in [-0.39, 0.29) is 103 Å². The molecule has 3 fully saturated rings. The fourth-order valence-electron chi connectivity index (χ4n) is 9.42. The van der Waals surface area contributed by atoms with Gasteiger partial charge in [0.1, 0.15) is 30.5 Å². The standard InChI is InChI=1S/C26H40FN2O12PS2.C24H38FN2O11PS2.C20H40NO4PS2/c1-23(2,3)19(31)43-13-11-36-42(34,37-12-14-44-20(32)24(4,5)6)38-15-26(27)17-25(7,41-22(35-8)39-17)18(40-26)29-10-9-16(30)28-21(29)33;1-21(2,3)18(30)40-12-10-35-39(34,36-11-13-41-19(31)22(4,5)6)37-14-24(25)16(29)23(7,33)17(38-24)27-9-8-15(28)26-20(27)32;1-15(2)21(16(3)4)26(24-11-13-27-17(22)19(5,6)7)25-12-14-28-18(23)20(8,9)10/h9-10,17-18,22H,11-15H2,1-8H3,(H,28,30,33);8-9,16-17,29,33H,10-14H2,1-7H3,(H,26,28,32);15-16H,11-14H2,1-10H3/t17-,18+,22?,25+,26+;16-,17+,23+,24+;/m00./s1. The van der Waals surface area contributed by atoms with Crippen LogP contribution in [0, 0.1) is 32.5 Å². The number of phosphoric ester groups is 2. The SMILES string of the molecule is CC(C)(C)C(=O)SCCOP(=O)(OCCSC(=O)C(C)(C)C)OC[C@@]1(F)O[C@@H](n2ccc(=O)[nH]c2=O)[C@](C)(O)[C@@H]1O.CC(C)N(C(C)C)P(OCCSC(=O)C(C)(C)C)OCCSC(=O)C(C)(C)C.COC1O[C@H]2[C@@](C)(O1)[C@H](n1ccc(=O)[nH]c1=O)O[C@]2(F)COP(=O)(OCCSC(=O)C(C)(C)C)OCCSC(=O)C(C)(C)C. The van der Waals surface area contributed by atoms with Crippen LogP contribution in [0.4, 0.5) is 8.78 Å². The fraction of sp³-hybridized carbons (Fsp3) is 0.800. The van der Waals surface area contributed by atoms with Crippen molar-refractivity contribution < 1.29 is 117 Å². The number of fused-ring (bicyclic) bond motifs is 1. The van der Waals surface area contributed by atoms with Crippen molar-refractivity contribution in [2.75, 3.05) is 94.5 Å². The van der Waals surface area contributed by atoms with Gasteiger partial charge in [0.05, 0.1) is 39.6 Å². The van der Waals surface area contributed by atoms with Crippen molar-refractivity contribution >= 4 is 125 Å². The molecular formula is C70H118F2N5O27P3S6. The minimum atomic E-state index is -4.57. The van der Waals surface area contributed by atoms with Crippen LogP contribution in [-0.4, -0.2) is 213 Å². The molecule has 9 atom stereocenters. The molecule has 5 rings (SSSR count). The minimum Gasteiger partial charge on any atom is -0.384 e. The summed E-state index contributed by atoms with van der Waals surface area (Å²) in [6.07, 6.45) is -5.12. The first-order chi connectivity index (χ1) is 51.5. The van der Waals surface area contributed by atoms with Gasteiger partial charge in [-0.25, -0.2) is 32.2 Å². The maximum Gasteiger partial charge on any atom is 0.475 e. The molecule has 1 unspecified atom stereocenters. The Morgan fingerprint density at radius 2 is 0.805 bits per heavy atom. The maximum atomic E-state index is 16.6. The normalized spacial score (nSPS) is 23.2. The molecule has 2 aromatic rings. The number of aromatic nitrogens is 4. The number of aliphatic hydroxyl groups excluding tert-OH is 1. The first-order valence-corrected chi connectivity index (χ1v) is 46.1. The lowest BCUT2D eigenvalue weighted by Gasteiger charge is -2.35. The van der Waals surface area contributed by atoms with E-state index in [0.717, 1.165) is 83.1 Å². The molecule has 5 heterocycles. The average Bonchev–Trinajstić information content (AvgIpc) is 1.55. The summed E-state index contributed by atoms with van der Waals surface area (Å²) in [5.74, 6) is -4.54. The van der Waals surface area contributed by atoms with Crippen LogP contribution < -0.4 is 22.5 Å². The zero-order chi connectivity index (χ0) is 86.7. The zero-order valence-corrected chi connectivity index (χ0v) is 76.8. The second kappa shape index (κ2) is 43.9. The number of carbonyl (C=O) groups is 6. The van der Waals surface area contributed by atoms with Gasteiger partial charge in [0.2, 0.25) is 0 Å². The molecule has 0 spiro atoms. The van der Waals surface area contributed by atoms with E-state index in [9.17, 15) is 67.3 Å². The number of hydrogen-bond donors (Lipinski definition) is 4. The van der Waals surface area contributed by atoms with Crippen LogP contribution in [0.2, 0.25) is 0 Å². The molecular weight excluding hydrogens is 1670 g/mol. The Bertz CT molecular complexity index is 3720. The Labute approximate surface area is 687 Å². The number of thioether (sulfide) groups is 6. The van der Waals surface area contributed by atoms with E-state index >= 15 is 8.78 Å². The van der Waals surface area contributed by atoms with Gasteiger partial charge in [-0.1, -0.05) is 195 Å². The number of nitrogens with one attached hydrogen (secondary N) is 2. The second-order valence-electron chi connectivity index (χ2n) is 33.1. The number of halogens is 2. The number of alkyl halides is 2. The number of ether oxygens (including phenoxy) is 5. The maximum absolute atomic E-state index is 16.6. The highest BCUT2D eigenvalue weighted by atomic mass is 32.2. The molecule has 3 aliphatic rings. The molecule has 43 heteroatoms. The number of aromatic amines is 2. The predicted molar refractivity (Wildman–Crippen MR) is 436 cm³/mol. The summed E-state index contributed by atoms with van der Waals surface area (Å²) in [7, 11) is -9.07. The van der Waals surface area contributed by atoms with Crippen molar-refractivity contribution in [3.63, 3.8) is 0 Å². The van der Waals surface area contributed by atoms with Gasteiger partial charge >= 0.3 is 27.0 Å². The van der Waals surface area contributed by atoms with Crippen LogP contribution in [0.5, 0.6) is 0 Å². The summed E-state index contributed by atoms with van der Waals surface area (Å²) in [6, 6.07) is 2.53. The van der Waals surface area contributed by atoms with Crippen molar-refractivity contribution in [2.45, 2.75) is 232 Å². The van der Waals surface area contributed by atoms with Crippen LogP contribution in [0.25, 0.3) is 0 Å². The van der Waals surface area contributed by atoms with Crippen molar-refractivity contribution in [2.24, 2.45) is 32.5 Å². The highest BCUT2D eigenvalue weighted by Crippen LogP contribution is 2.58. The Hall–Kier alpha value is -2.41. The quantitative estimate of drug-likeness (QED) is 0.0363. The molecule has 2 aromatic heterocycles. The lowest BCUT2D eigenvalue weighted by atomic mass is 9.95. The van der Waals surface area contributed by atoms with Crippen LogP contribution >= 0.6 is 94.7 Å². The van der Waals surface area contributed by atoms with Gasteiger partial charge in [-0.15, -0.1) is 0 Å². The predicted octanol–water partition coefficient (Wildman–Crippen LogP) is 12.2. The molecule has 4 N–H and O–H groups in total. The van der Waals surface area contributed by atoms with Crippen molar-refractivity contribution in [3.8, 4) is 0 Å². The van der Waals surface area contributed by atoms with E-state index in [0.29, 0.717) is 29.3 Å². The number of rotatable bonds is 36. The molecule has 3 saturated heterocycles. The summed E-state index contributed by atoms with van der Waals surface area (Å²) in [6.45, 7) is 39.5. The number of H-pyrrole nitrogens is 2. The number of nitrogens with zero attached hydrogens (tertiary/aromatic N) is 3. The molecule has 0 bridgehead atoms. The third-order valence-electron chi connectivity index (χ3n) is 15.5. The number of carbonyl (C=O) groups excluding carboxylic acids is 6. The highest BCUT2D eigenvalue weighted by molar-refractivity contribution is 8.15. The number of phosphoric acid groups is 2. The minimum absolute atomic E-state index is 0.0654. The molecule has 113 heavy (non-hydrogen) atoms. The molecule has 650 valence electrons. The summed E-state index contributed by atoms with van der Waals surface area (Å²) >= 11 is 6.41. The van der Waals surface area contributed by atoms with Crippen molar-refractivity contribution in [3.05, 3.63) is 66.2 Å². The lowest BCUT2D eigenvalue weighted by molar-refractivity contribution is -0.300. The van der Waals surface area contributed by atoms with Crippen molar-refractivity contribution in [1.29, 1.82) is 0 Å². The molecule has 0 saturated carbocycles. The Morgan fingerprint density at radius 3 is 1.10 bits per heavy atom. The first-order valence-electron chi connectivity index (χ1n) is 36.1. The number of methoxy groups -OCH3 is 1. The van der Waals surface area contributed by atoms with Gasteiger partial charge < -0.3 is 42.9 Å². The van der Waals surface area contributed by atoms with Gasteiger partial charge in [-0.05, 0) is 41.5 Å². The van der Waals surface area contributed by atoms with Crippen LogP contribution in [-0.2, 0) is 97.8 Å². The van der Waals surface area contributed by atoms with E-state index in [1.165, 1.54) is 37.6 Å². The summed E-state index contributed by atoms with van der Waals surface area (Å²) < 4.78 is 135. The zero-order valence-electron chi connectivity index (χ0n) is 69.2. The average molecular weight is 1790 g/mol. The van der Waals surface area contributed by atoms with Gasteiger partial charge in [-0.3, -0.25) is 84.6 Å². The third-order valence-corrected chi connectivity index (χ3v) is 28.0. The number of hydrogen-bond acceptors (Lipinski definition) is 34. The van der Waals surface area contributed by atoms with Crippen LogP contribution in [0.3, 0.4) is 0 Å². The van der Waals surface area contributed by atoms with E-state index in [2.05, 4.69) is 37.3 Å². The Morgan fingerprint density at radius 1 is 0.513 bits per heavy atom. The van der Waals surface area contributed by atoms with Gasteiger partial charge in [-0.2, -0.15) is 0 Å². The lowest BCUT2D eigenvalue weighted by Crippen LogP contribution is -2.50. The summed E-state index contributed by atoms with van der Waals surface area (Å²) in [4.78, 5) is 125. The smallest absolute Gasteiger partial charge is 0.384 e. The molecule has 0 aromatic carbocycles. The summed E-state index contributed by atoms with van der Waals surface area (Å²) in [5, 5.41) is 21.2. The highest BCUT2D eigenvalue weighted by Gasteiger charge is 2.71. The molecule has 0 aliphatic carbocycles. The van der Waals surface area contributed by atoms with E-state index in [1.807, 2.05) is 46.5 Å². The molecule has 0 amide bonds. The second-order valence-corrected chi connectivity index (χ2v) is 44.3. The van der Waals surface area contributed by atoms with Crippen LogP contribution in [0.1, 0.15) is 179 Å². The number of aliphatic hydroxyl groups is 2. The summed E-state index contributed by atoms with van der Waals surface area (Å²) in [5.41, 5.74) is -10.6. The van der Waals surface area contributed by atoms with Gasteiger partial charge in [0.25, 0.3) is 37.8 Å². The first kappa shape index (κ1) is 105. The van der Waals surface area contributed by atoms with E-state index < -0.39 is 136 Å². The van der Waals surface area contributed by atoms with Gasteiger partial charge in [0, 0.05) is 111 Å². The molecule has 0 radical (unpaired) electrons. The fourth-order valence-corrected chi connectivity index (χ4v) is 18.8.